The Balaban J connectivity index is 1.49. The molecule has 0 saturated carbocycles. The van der Waals surface area contributed by atoms with Gasteiger partial charge in [-0.25, -0.2) is 9.97 Å². The van der Waals surface area contributed by atoms with Crippen LogP contribution in [0.1, 0.15) is 30.7 Å². The molecule has 1 aliphatic heterocycles. The SMILES string of the molecule is Cc1cc(CC2COC(C)(C)O2)ccc1OCCNc1ncnc(C)c1Cl. The van der Waals surface area contributed by atoms with Crippen LogP contribution in [0, 0.1) is 13.8 Å². The maximum absolute atomic E-state index is 6.17. The number of nitrogens with zero attached hydrogens (tertiary/aromatic N) is 2. The van der Waals surface area contributed by atoms with E-state index in [1.165, 1.54) is 11.9 Å². The molecule has 1 fully saturated rings. The van der Waals surface area contributed by atoms with Crippen molar-refractivity contribution in [1.29, 1.82) is 0 Å². The summed E-state index contributed by atoms with van der Waals surface area (Å²) in [4.78, 5) is 8.19. The molecule has 1 aliphatic rings. The average Bonchev–Trinajstić information content (AvgIpc) is 2.95. The first-order chi connectivity index (χ1) is 12.8. The predicted octanol–water partition coefficient (Wildman–Crippen LogP) is 3.93. The first kappa shape index (κ1) is 19.9. The Morgan fingerprint density at radius 2 is 2.11 bits per heavy atom. The zero-order chi connectivity index (χ0) is 19.4. The summed E-state index contributed by atoms with van der Waals surface area (Å²) in [6.07, 6.45) is 2.42. The third-order valence-electron chi connectivity index (χ3n) is 4.39. The lowest BCUT2D eigenvalue weighted by Crippen LogP contribution is -2.22. The standard InChI is InChI=1S/C20H26ClN3O3/c1-13-9-15(10-16-11-26-20(3,4)27-16)5-6-17(13)25-8-7-22-19-18(21)14(2)23-12-24-19/h5-6,9,12,16H,7-8,10-11H2,1-4H3,(H,22,23,24). The van der Waals surface area contributed by atoms with E-state index in [1.807, 2.05) is 33.8 Å². The lowest BCUT2D eigenvalue weighted by molar-refractivity contribution is -0.138. The molecule has 3 rings (SSSR count). The van der Waals surface area contributed by atoms with Gasteiger partial charge in [-0.2, -0.15) is 0 Å². The zero-order valence-corrected chi connectivity index (χ0v) is 17.0. The van der Waals surface area contributed by atoms with Crippen LogP contribution in [0.4, 0.5) is 5.82 Å². The second-order valence-corrected chi connectivity index (χ2v) is 7.53. The largest absolute Gasteiger partial charge is 0.491 e. The van der Waals surface area contributed by atoms with Crippen molar-refractivity contribution in [1.82, 2.24) is 9.97 Å². The number of ether oxygens (including phenoxy) is 3. The van der Waals surface area contributed by atoms with E-state index in [4.69, 9.17) is 25.8 Å². The molecule has 0 spiro atoms. The normalized spacial score (nSPS) is 18.5. The van der Waals surface area contributed by atoms with E-state index < -0.39 is 5.79 Å². The van der Waals surface area contributed by atoms with Gasteiger partial charge in [-0.3, -0.25) is 0 Å². The van der Waals surface area contributed by atoms with Gasteiger partial charge in [0.25, 0.3) is 0 Å². The fraction of sp³-hybridized carbons (Fsp3) is 0.500. The van der Waals surface area contributed by atoms with Crippen LogP contribution < -0.4 is 10.1 Å². The summed E-state index contributed by atoms with van der Waals surface area (Å²) in [6, 6.07) is 6.23. The van der Waals surface area contributed by atoms with E-state index in [0.29, 0.717) is 30.6 Å². The zero-order valence-electron chi connectivity index (χ0n) is 16.2. The van der Waals surface area contributed by atoms with Crippen molar-refractivity contribution < 1.29 is 14.2 Å². The number of hydrogen-bond acceptors (Lipinski definition) is 6. The molecule has 2 heterocycles. The Hall–Kier alpha value is -1.89. The van der Waals surface area contributed by atoms with Crippen LogP contribution in [0.3, 0.4) is 0 Å². The molecular formula is C20H26ClN3O3. The van der Waals surface area contributed by atoms with Crippen LogP contribution in [0.2, 0.25) is 5.02 Å². The van der Waals surface area contributed by atoms with Gasteiger partial charge in [0.05, 0.1) is 24.9 Å². The van der Waals surface area contributed by atoms with Gasteiger partial charge in [0.15, 0.2) is 5.79 Å². The van der Waals surface area contributed by atoms with E-state index >= 15 is 0 Å². The van der Waals surface area contributed by atoms with Crippen LogP contribution in [0.5, 0.6) is 5.75 Å². The Kier molecular flexibility index (Phi) is 6.19. The quantitative estimate of drug-likeness (QED) is 0.721. The molecule has 27 heavy (non-hydrogen) atoms. The third kappa shape index (κ3) is 5.31. The van der Waals surface area contributed by atoms with Crippen LogP contribution in [0.15, 0.2) is 24.5 Å². The molecule has 1 saturated heterocycles. The summed E-state index contributed by atoms with van der Waals surface area (Å²) < 4.78 is 17.4. The van der Waals surface area contributed by atoms with E-state index in [2.05, 4.69) is 27.4 Å². The monoisotopic (exact) mass is 391 g/mol. The van der Waals surface area contributed by atoms with Crippen molar-refractivity contribution in [3.63, 3.8) is 0 Å². The smallest absolute Gasteiger partial charge is 0.163 e. The number of halogens is 1. The van der Waals surface area contributed by atoms with Crippen LogP contribution in [-0.2, 0) is 15.9 Å². The highest BCUT2D eigenvalue weighted by Gasteiger charge is 2.32. The number of nitrogens with one attached hydrogen (secondary N) is 1. The van der Waals surface area contributed by atoms with Gasteiger partial charge in [-0.1, -0.05) is 23.7 Å². The Labute approximate surface area is 165 Å². The number of anilines is 1. The molecule has 1 N–H and O–H groups in total. The van der Waals surface area contributed by atoms with Gasteiger partial charge in [-0.15, -0.1) is 0 Å². The molecule has 0 aliphatic carbocycles. The summed E-state index contributed by atoms with van der Waals surface area (Å²) >= 11 is 6.17. The number of benzene rings is 1. The average molecular weight is 392 g/mol. The number of hydrogen-bond donors (Lipinski definition) is 1. The summed E-state index contributed by atoms with van der Waals surface area (Å²) in [6.45, 7) is 9.51. The Morgan fingerprint density at radius 1 is 1.30 bits per heavy atom. The maximum Gasteiger partial charge on any atom is 0.163 e. The molecule has 0 radical (unpaired) electrons. The highest BCUT2D eigenvalue weighted by Crippen LogP contribution is 2.26. The molecule has 0 amide bonds. The minimum Gasteiger partial charge on any atom is -0.491 e. The fourth-order valence-corrected chi connectivity index (χ4v) is 3.20. The molecule has 1 aromatic carbocycles. The van der Waals surface area contributed by atoms with Crippen molar-refractivity contribution in [2.24, 2.45) is 0 Å². The summed E-state index contributed by atoms with van der Waals surface area (Å²) in [5, 5.41) is 3.71. The third-order valence-corrected chi connectivity index (χ3v) is 4.84. The Bertz CT molecular complexity index is 798. The van der Waals surface area contributed by atoms with E-state index in [0.717, 1.165) is 23.4 Å². The molecule has 6 nitrogen and oxygen atoms in total. The Morgan fingerprint density at radius 3 is 2.81 bits per heavy atom. The first-order valence-electron chi connectivity index (χ1n) is 9.09. The lowest BCUT2D eigenvalue weighted by Gasteiger charge is -2.17. The van der Waals surface area contributed by atoms with Crippen molar-refractivity contribution in [3.8, 4) is 5.75 Å². The minimum absolute atomic E-state index is 0.0939. The number of rotatable bonds is 7. The van der Waals surface area contributed by atoms with E-state index in [9.17, 15) is 0 Å². The summed E-state index contributed by atoms with van der Waals surface area (Å²) in [5.74, 6) is 1.01. The number of aryl methyl sites for hydroxylation is 2. The topological polar surface area (TPSA) is 65.5 Å². The van der Waals surface area contributed by atoms with Gasteiger partial charge < -0.3 is 19.5 Å². The lowest BCUT2D eigenvalue weighted by atomic mass is 10.1. The van der Waals surface area contributed by atoms with Crippen molar-refractivity contribution in [2.45, 2.75) is 46.0 Å². The highest BCUT2D eigenvalue weighted by atomic mass is 35.5. The van der Waals surface area contributed by atoms with Gasteiger partial charge in [0.2, 0.25) is 0 Å². The minimum atomic E-state index is -0.485. The first-order valence-corrected chi connectivity index (χ1v) is 9.47. The van der Waals surface area contributed by atoms with Gasteiger partial charge in [0.1, 0.15) is 29.5 Å². The molecule has 2 aromatic rings. The molecule has 1 unspecified atom stereocenters. The van der Waals surface area contributed by atoms with Crippen molar-refractivity contribution in [3.05, 3.63) is 46.4 Å². The molecule has 1 atom stereocenters. The second-order valence-electron chi connectivity index (χ2n) is 7.15. The van der Waals surface area contributed by atoms with Gasteiger partial charge in [-0.05, 0) is 44.9 Å². The van der Waals surface area contributed by atoms with Crippen molar-refractivity contribution in [2.75, 3.05) is 25.1 Å². The van der Waals surface area contributed by atoms with Gasteiger partial charge in [0, 0.05) is 6.42 Å². The summed E-state index contributed by atoms with van der Waals surface area (Å²) in [7, 11) is 0. The van der Waals surface area contributed by atoms with Crippen LogP contribution >= 0.6 is 11.6 Å². The van der Waals surface area contributed by atoms with E-state index in [1.54, 1.807) is 0 Å². The van der Waals surface area contributed by atoms with Crippen molar-refractivity contribution >= 4 is 17.4 Å². The number of aromatic nitrogens is 2. The van der Waals surface area contributed by atoms with Gasteiger partial charge >= 0.3 is 0 Å². The molecule has 146 valence electrons. The molecule has 7 heteroatoms. The predicted molar refractivity (Wildman–Crippen MR) is 106 cm³/mol. The second kappa shape index (κ2) is 8.42. The summed E-state index contributed by atoms with van der Waals surface area (Å²) in [5.41, 5.74) is 3.07. The fourth-order valence-electron chi connectivity index (χ4n) is 3.04. The van der Waals surface area contributed by atoms with Crippen LogP contribution in [-0.4, -0.2) is 41.6 Å². The molecule has 0 bridgehead atoms. The molecular weight excluding hydrogens is 366 g/mol. The highest BCUT2D eigenvalue weighted by molar-refractivity contribution is 6.33. The van der Waals surface area contributed by atoms with E-state index in [-0.39, 0.29) is 6.10 Å². The molecule has 1 aromatic heterocycles. The van der Waals surface area contributed by atoms with Crippen LogP contribution in [0.25, 0.3) is 0 Å². The maximum atomic E-state index is 6.17.